The van der Waals surface area contributed by atoms with Gasteiger partial charge in [-0.1, -0.05) is 62.4 Å². The van der Waals surface area contributed by atoms with Crippen LogP contribution in [0.1, 0.15) is 56.9 Å². The second-order valence-electron chi connectivity index (χ2n) is 11.2. The van der Waals surface area contributed by atoms with Crippen LogP contribution in [0, 0.1) is 5.92 Å². The van der Waals surface area contributed by atoms with Crippen molar-refractivity contribution in [2.45, 2.75) is 76.0 Å². The predicted octanol–water partition coefficient (Wildman–Crippen LogP) is 1.33. The Morgan fingerprint density at radius 3 is 2.32 bits per heavy atom. The van der Waals surface area contributed by atoms with Gasteiger partial charge in [0.2, 0.25) is 17.7 Å². The van der Waals surface area contributed by atoms with Gasteiger partial charge in [0.05, 0.1) is 52.8 Å². The lowest BCUT2D eigenvalue weighted by atomic mass is 9.83. The first-order valence-electron chi connectivity index (χ1n) is 13.4. The van der Waals surface area contributed by atoms with Crippen LogP contribution in [-0.2, 0) is 25.6 Å². The highest BCUT2D eigenvalue weighted by molar-refractivity contribution is 5.90. The van der Waals surface area contributed by atoms with E-state index in [4.69, 9.17) is 0 Å². The van der Waals surface area contributed by atoms with E-state index in [0.717, 1.165) is 31.2 Å². The largest absolute Gasteiger partial charge is 0.391 e. The number of quaternary nitrogens is 1. The quantitative estimate of drug-likeness (QED) is 0.206. The predicted molar refractivity (Wildman–Crippen MR) is 142 cm³/mol. The van der Waals surface area contributed by atoms with Crippen LogP contribution in [0.2, 0.25) is 0 Å². The summed E-state index contributed by atoms with van der Waals surface area (Å²) in [6.07, 6.45) is 6.38. The van der Waals surface area contributed by atoms with E-state index < -0.39 is 30.0 Å². The van der Waals surface area contributed by atoms with Crippen LogP contribution < -0.4 is 16.0 Å². The number of aldehydes is 1. The fourth-order valence-corrected chi connectivity index (χ4v) is 4.67. The van der Waals surface area contributed by atoms with E-state index in [2.05, 4.69) is 16.0 Å². The van der Waals surface area contributed by atoms with E-state index in [1.165, 1.54) is 6.42 Å². The average Bonchev–Trinajstić information content (AvgIpc) is 2.86. The number of nitrogens with zero attached hydrogens (tertiary/aromatic N) is 1. The zero-order valence-corrected chi connectivity index (χ0v) is 22.6. The van der Waals surface area contributed by atoms with Crippen molar-refractivity contribution < 1.29 is 28.8 Å². The summed E-state index contributed by atoms with van der Waals surface area (Å²) in [6.45, 7) is 0.341. The monoisotopic (exact) mass is 517 g/mol. The molecule has 1 aliphatic rings. The van der Waals surface area contributed by atoms with E-state index in [-0.39, 0.29) is 25.3 Å². The van der Waals surface area contributed by atoms with Crippen LogP contribution in [0.5, 0.6) is 0 Å². The first kappa shape index (κ1) is 30.4. The summed E-state index contributed by atoms with van der Waals surface area (Å²) in [4.78, 5) is 49.3. The maximum absolute atomic E-state index is 13.0. The van der Waals surface area contributed by atoms with Gasteiger partial charge in [-0.25, -0.2) is 0 Å². The van der Waals surface area contributed by atoms with Gasteiger partial charge in [0.1, 0.15) is 12.3 Å². The summed E-state index contributed by atoms with van der Waals surface area (Å²) in [5.74, 6) is -0.714. The second kappa shape index (κ2) is 15.5. The average molecular weight is 518 g/mol. The first-order valence-corrected chi connectivity index (χ1v) is 13.4. The molecule has 0 aromatic heterocycles. The highest BCUT2D eigenvalue weighted by atomic mass is 16.3. The number of nitrogens with one attached hydrogen (secondary N) is 3. The van der Waals surface area contributed by atoms with Gasteiger partial charge in [0, 0.05) is 12.8 Å². The SMILES string of the molecule is C[N+](C)(C)CCC(=O)N[C@@H](Cc1ccccc1)C(=O)NCC(=O)N[C@@H](CC1CCCCC1)[C@@H](O)CC=O. The normalized spacial score (nSPS) is 16.8. The highest BCUT2D eigenvalue weighted by Gasteiger charge is 2.27. The van der Waals surface area contributed by atoms with Crippen molar-refractivity contribution in [3.05, 3.63) is 35.9 Å². The molecule has 1 aromatic carbocycles. The molecule has 2 rings (SSSR count). The van der Waals surface area contributed by atoms with Crippen molar-refractivity contribution in [1.29, 1.82) is 0 Å². The number of aliphatic hydroxyl groups is 1. The lowest BCUT2D eigenvalue weighted by Crippen LogP contribution is -2.52. The number of carbonyl (C=O) groups excluding carboxylic acids is 4. The fourth-order valence-electron chi connectivity index (χ4n) is 4.67. The molecule has 4 N–H and O–H groups in total. The maximum atomic E-state index is 13.0. The summed E-state index contributed by atoms with van der Waals surface area (Å²) >= 11 is 0. The van der Waals surface area contributed by atoms with Gasteiger partial charge in [-0.3, -0.25) is 14.4 Å². The zero-order valence-electron chi connectivity index (χ0n) is 22.6. The molecule has 0 heterocycles. The van der Waals surface area contributed by atoms with Crippen molar-refractivity contribution in [3.63, 3.8) is 0 Å². The van der Waals surface area contributed by atoms with Crippen LogP contribution >= 0.6 is 0 Å². The standard InChI is InChI=1S/C28H44N4O5/c1-32(2,3)16-14-26(35)31-24(19-22-12-8-5-9-13-22)28(37)29-20-27(36)30-23(25(34)15-17-33)18-21-10-6-4-7-11-21/h5,8-9,12-13,17,21,23-25,34H,4,6-7,10-11,14-16,18-20H2,1-3H3,(H2-,29,30,31,35,36,37)/p+1/t23-,24-,25-/m0/s1. The topological polar surface area (TPSA) is 125 Å². The molecular weight excluding hydrogens is 472 g/mol. The van der Waals surface area contributed by atoms with Crippen LogP contribution in [0.3, 0.4) is 0 Å². The van der Waals surface area contributed by atoms with Crippen LogP contribution in [0.15, 0.2) is 30.3 Å². The minimum absolute atomic E-state index is 0.0531. The maximum Gasteiger partial charge on any atom is 0.243 e. The van der Waals surface area contributed by atoms with Crippen LogP contribution in [0.25, 0.3) is 0 Å². The molecule has 0 unspecified atom stereocenters. The van der Waals surface area contributed by atoms with E-state index in [9.17, 15) is 24.3 Å². The molecule has 9 heteroatoms. The van der Waals surface area contributed by atoms with Crippen molar-refractivity contribution in [1.82, 2.24) is 16.0 Å². The smallest absolute Gasteiger partial charge is 0.243 e. The van der Waals surface area contributed by atoms with Gasteiger partial charge in [-0.05, 0) is 17.9 Å². The molecule has 0 radical (unpaired) electrons. The number of carbonyl (C=O) groups is 4. The summed E-state index contributed by atoms with van der Waals surface area (Å²) < 4.78 is 0.626. The summed E-state index contributed by atoms with van der Waals surface area (Å²) in [5.41, 5.74) is 0.892. The molecule has 1 aliphatic carbocycles. The minimum atomic E-state index is -0.967. The van der Waals surface area contributed by atoms with Gasteiger partial charge in [0.15, 0.2) is 0 Å². The number of benzene rings is 1. The van der Waals surface area contributed by atoms with E-state index in [1.807, 2.05) is 51.5 Å². The Kier molecular flexibility index (Phi) is 12.7. The molecular formula is C28H45N4O5+. The Hall–Kier alpha value is -2.78. The van der Waals surface area contributed by atoms with E-state index in [0.29, 0.717) is 36.1 Å². The Balaban J connectivity index is 1.97. The third-order valence-electron chi connectivity index (χ3n) is 6.83. The molecule has 0 spiro atoms. The van der Waals surface area contributed by atoms with Crippen LogP contribution in [-0.4, -0.2) is 86.0 Å². The molecule has 3 atom stereocenters. The number of hydrogen-bond acceptors (Lipinski definition) is 5. The zero-order chi connectivity index (χ0) is 27.3. The van der Waals surface area contributed by atoms with Crippen LogP contribution in [0.4, 0.5) is 0 Å². The first-order chi connectivity index (χ1) is 17.6. The molecule has 9 nitrogen and oxygen atoms in total. The van der Waals surface area contributed by atoms with Crippen molar-refractivity contribution >= 4 is 24.0 Å². The lowest BCUT2D eigenvalue weighted by molar-refractivity contribution is -0.869. The fraction of sp³-hybridized carbons (Fsp3) is 0.643. The number of hydrogen-bond donors (Lipinski definition) is 4. The molecule has 0 saturated heterocycles. The van der Waals surface area contributed by atoms with Gasteiger partial charge in [-0.2, -0.15) is 0 Å². The number of rotatable bonds is 15. The molecule has 37 heavy (non-hydrogen) atoms. The Labute approximate surface area is 221 Å². The molecule has 1 fully saturated rings. The molecule has 0 aliphatic heterocycles. The summed E-state index contributed by atoms with van der Waals surface area (Å²) in [6, 6.07) is 8.01. The Morgan fingerprint density at radius 2 is 1.70 bits per heavy atom. The minimum Gasteiger partial charge on any atom is -0.391 e. The van der Waals surface area contributed by atoms with E-state index >= 15 is 0 Å². The van der Waals surface area contributed by atoms with Gasteiger partial charge >= 0.3 is 0 Å². The van der Waals surface area contributed by atoms with Gasteiger partial charge < -0.3 is 30.3 Å². The Bertz CT molecular complexity index is 865. The summed E-state index contributed by atoms with van der Waals surface area (Å²) in [7, 11) is 5.98. The third kappa shape index (κ3) is 12.3. The third-order valence-corrected chi connectivity index (χ3v) is 6.83. The molecule has 1 aromatic rings. The van der Waals surface area contributed by atoms with Gasteiger partial charge in [0.25, 0.3) is 0 Å². The Morgan fingerprint density at radius 1 is 1.03 bits per heavy atom. The van der Waals surface area contributed by atoms with Crippen molar-refractivity contribution in [3.8, 4) is 0 Å². The molecule has 1 saturated carbocycles. The lowest BCUT2D eigenvalue weighted by Gasteiger charge is -2.29. The van der Waals surface area contributed by atoms with Crippen molar-refractivity contribution in [2.75, 3.05) is 34.2 Å². The highest BCUT2D eigenvalue weighted by Crippen LogP contribution is 2.28. The summed E-state index contributed by atoms with van der Waals surface area (Å²) in [5, 5.41) is 18.7. The number of amides is 3. The molecule has 0 bridgehead atoms. The number of aliphatic hydroxyl groups excluding tert-OH is 1. The second-order valence-corrected chi connectivity index (χ2v) is 11.2. The van der Waals surface area contributed by atoms with E-state index in [1.54, 1.807) is 0 Å². The van der Waals surface area contributed by atoms with Crippen molar-refractivity contribution in [2.24, 2.45) is 5.92 Å². The molecule has 206 valence electrons. The van der Waals surface area contributed by atoms with Gasteiger partial charge in [-0.15, -0.1) is 0 Å². The molecule has 3 amide bonds.